The van der Waals surface area contributed by atoms with Crippen molar-refractivity contribution in [2.75, 3.05) is 0 Å². The average molecular weight is 251 g/mol. The summed E-state index contributed by atoms with van der Waals surface area (Å²) in [6.45, 7) is 0. The van der Waals surface area contributed by atoms with Crippen molar-refractivity contribution in [3.05, 3.63) is 41.2 Å². The minimum absolute atomic E-state index is 0.714. The Morgan fingerprint density at radius 3 is 1.94 bits per heavy atom. The second-order valence-corrected chi connectivity index (χ2v) is 2.96. The summed E-state index contributed by atoms with van der Waals surface area (Å²) in [6.07, 6.45) is -5.51. The number of aromatic carboxylic acids is 1. The summed E-state index contributed by atoms with van der Waals surface area (Å²) >= 11 is 0. The zero-order chi connectivity index (χ0) is 13.2. The molecule has 0 aliphatic carbocycles. The van der Waals surface area contributed by atoms with Crippen LogP contribution in [0.5, 0.6) is 0 Å². The molecule has 0 atom stereocenters. The predicted octanol–water partition coefficient (Wildman–Crippen LogP) is 2.22. The lowest BCUT2D eigenvalue weighted by Gasteiger charge is -2.10. The number of halogens is 5. The highest BCUT2D eigenvalue weighted by Gasteiger charge is 2.38. The molecular weight excluding hydrogens is 247 g/mol. The number of carboxylic acids is 1. The summed E-state index contributed by atoms with van der Waals surface area (Å²) in [5.41, 5.74) is -1.87. The number of carbonyl (C=O) groups is 1. The van der Waals surface area contributed by atoms with Crippen molar-refractivity contribution in [3.8, 4) is 0 Å². The zero-order valence-electron chi connectivity index (χ0n) is 8.02. The summed E-state index contributed by atoms with van der Waals surface area (Å²) in [5, 5.41) is 10.5. The van der Waals surface area contributed by atoms with Gasteiger partial charge >= 0.3 is 6.18 Å². The van der Waals surface area contributed by atoms with Crippen LogP contribution >= 0.6 is 0 Å². The van der Waals surface area contributed by atoms with Gasteiger partial charge in [-0.3, -0.25) is 0 Å². The Morgan fingerprint density at radius 2 is 1.53 bits per heavy atom. The number of alkyl halides is 3. The van der Waals surface area contributed by atoms with E-state index in [1.54, 1.807) is 0 Å². The number of carbonyl (C=O) groups excluding carboxylic acids is 1. The molecule has 1 aromatic rings. The monoisotopic (exact) mass is 251 g/mol. The highest BCUT2D eigenvalue weighted by atomic mass is 19.4. The summed E-state index contributed by atoms with van der Waals surface area (Å²) in [6, 6.07) is 3.75. The lowest BCUT2D eigenvalue weighted by atomic mass is 10.1. The van der Waals surface area contributed by atoms with E-state index in [0.29, 0.717) is 6.07 Å². The third-order valence-corrected chi connectivity index (χ3v) is 1.83. The smallest absolute Gasteiger partial charge is 0.445 e. The standard InChI is InChI=1S/C10H5F5O2/c11-7(8(12)10(13,14)15)5-3-1-2-4-6(5)9(16)17/h1-4H,(H,16,17)/p-1/b8-7-. The quantitative estimate of drug-likeness (QED) is 0.756. The Bertz CT molecular complexity index is 476. The normalized spacial score (nSPS) is 13.2. The molecule has 0 heterocycles. The van der Waals surface area contributed by atoms with Gasteiger partial charge in [0.2, 0.25) is 5.83 Å². The van der Waals surface area contributed by atoms with Crippen molar-refractivity contribution in [2.45, 2.75) is 6.18 Å². The number of rotatable bonds is 2. The summed E-state index contributed by atoms with van der Waals surface area (Å²) < 4.78 is 61.4. The van der Waals surface area contributed by atoms with Gasteiger partial charge in [-0.15, -0.1) is 0 Å². The van der Waals surface area contributed by atoms with Gasteiger partial charge in [0.15, 0.2) is 5.83 Å². The van der Waals surface area contributed by atoms with E-state index in [1.807, 2.05) is 0 Å². The van der Waals surface area contributed by atoms with Crippen LogP contribution in [0.2, 0.25) is 0 Å². The molecule has 0 fully saturated rings. The van der Waals surface area contributed by atoms with Gasteiger partial charge < -0.3 is 9.90 Å². The van der Waals surface area contributed by atoms with E-state index in [2.05, 4.69) is 0 Å². The largest absolute Gasteiger partial charge is 0.545 e. The van der Waals surface area contributed by atoms with Gasteiger partial charge in [-0.1, -0.05) is 24.3 Å². The minimum atomic E-state index is -5.51. The first-order valence-electron chi connectivity index (χ1n) is 4.18. The zero-order valence-corrected chi connectivity index (χ0v) is 8.02. The van der Waals surface area contributed by atoms with Crippen molar-refractivity contribution in [2.24, 2.45) is 0 Å². The molecule has 2 nitrogen and oxygen atoms in total. The second-order valence-electron chi connectivity index (χ2n) is 2.96. The molecule has 0 saturated carbocycles. The third kappa shape index (κ3) is 2.80. The summed E-state index contributed by atoms with van der Waals surface area (Å²) in [4.78, 5) is 10.5. The Kier molecular flexibility index (Phi) is 3.50. The molecule has 0 aliphatic heterocycles. The summed E-state index contributed by atoms with van der Waals surface area (Å²) in [5.74, 6) is -7.16. The van der Waals surface area contributed by atoms with Crippen LogP contribution in [0, 0.1) is 0 Å². The van der Waals surface area contributed by atoms with Crippen LogP contribution in [-0.4, -0.2) is 12.1 Å². The molecule has 0 saturated heterocycles. The van der Waals surface area contributed by atoms with Crippen LogP contribution in [0.3, 0.4) is 0 Å². The molecule has 0 aliphatic rings. The number of hydrogen-bond donors (Lipinski definition) is 0. The van der Waals surface area contributed by atoms with Gasteiger partial charge in [-0.05, 0) is 0 Å². The lowest BCUT2D eigenvalue weighted by Crippen LogP contribution is -2.23. The van der Waals surface area contributed by atoms with Crippen LogP contribution in [-0.2, 0) is 0 Å². The molecule has 0 amide bonds. The van der Waals surface area contributed by atoms with Gasteiger partial charge in [0.05, 0.1) is 5.97 Å². The Labute approximate surface area is 92.0 Å². The molecule has 17 heavy (non-hydrogen) atoms. The van der Waals surface area contributed by atoms with E-state index in [9.17, 15) is 31.9 Å². The second kappa shape index (κ2) is 4.52. The Morgan fingerprint density at radius 1 is 1.06 bits per heavy atom. The van der Waals surface area contributed by atoms with Gasteiger partial charge in [-0.2, -0.15) is 17.6 Å². The fraction of sp³-hybridized carbons (Fsp3) is 0.100. The molecular formula is C10H4F5O2-. The molecule has 0 unspecified atom stereocenters. The Balaban J connectivity index is 3.40. The molecule has 0 spiro atoms. The van der Waals surface area contributed by atoms with E-state index >= 15 is 0 Å². The van der Waals surface area contributed by atoms with Crippen LogP contribution < -0.4 is 5.11 Å². The molecule has 0 bridgehead atoms. The molecule has 7 heteroatoms. The fourth-order valence-electron chi connectivity index (χ4n) is 1.10. The minimum Gasteiger partial charge on any atom is -0.545 e. The summed E-state index contributed by atoms with van der Waals surface area (Å²) in [7, 11) is 0. The average Bonchev–Trinajstić information content (AvgIpc) is 2.25. The van der Waals surface area contributed by atoms with Gasteiger partial charge in [0.1, 0.15) is 0 Å². The van der Waals surface area contributed by atoms with E-state index in [0.717, 1.165) is 18.2 Å². The fourth-order valence-corrected chi connectivity index (χ4v) is 1.10. The van der Waals surface area contributed by atoms with Gasteiger partial charge in [0, 0.05) is 11.1 Å². The SMILES string of the molecule is O=C([O-])c1ccccc1/C(F)=C(/F)C(F)(F)F. The molecule has 0 radical (unpaired) electrons. The number of carboxylic acid groups (broad SMARTS) is 1. The van der Waals surface area contributed by atoms with Crippen molar-refractivity contribution >= 4 is 11.8 Å². The molecule has 92 valence electrons. The van der Waals surface area contributed by atoms with Crippen LogP contribution in [0.25, 0.3) is 5.83 Å². The molecule has 1 rings (SSSR count). The van der Waals surface area contributed by atoms with Crippen molar-refractivity contribution in [1.29, 1.82) is 0 Å². The molecule has 0 N–H and O–H groups in total. The first kappa shape index (κ1) is 13.1. The van der Waals surface area contributed by atoms with E-state index < -0.39 is 34.9 Å². The van der Waals surface area contributed by atoms with E-state index in [4.69, 9.17) is 0 Å². The maximum absolute atomic E-state index is 13.1. The van der Waals surface area contributed by atoms with E-state index in [1.165, 1.54) is 0 Å². The van der Waals surface area contributed by atoms with Gasteiger partial charge in [0.25, 0.3) is 0 Å². The van der Waals surface area contributed by atoms with Crippen molar-refractivity contribution in [3.63, 3.8) is 0 Å². The lowest BCUT2D eigenvalue weighted by molar-refractivity contribution is -0.255. The maximum Gasteiger partial charge on any atom is 0.445 e. The number of allylic oxidation sites excluding steroid dienone is 1. The Hall–Kier alpha value is -1.92. The third-order valence-electron chi connectivity index (χ3n) is 1.83. The first-order chi connectivity index (χ1) is 7.75. The van der Waals surface area contributed by atoms with Crippen LogP contribution in [0.1, 0.15) is 15.9 Å². The van der Waals surface area contributed by atoms with Crippen molar-refractivity contribution < 1.29 is 31.9 Å². The highest BCUT2D eigenvalue weighted by molar-refractivity contribution is 5.92. The number of benzene rings is 1. The van der Waals surface area contributed by atoms with Crippen molar-refractivity contribution in [1.82, 2.24) is 0 Å². The number of hydrogen-bond acceptors (Lipinski definition) is 2. The van der Waals surface area contributed by atoms with Gasteiger partial charge in [-0.25, -0.2) is 4.39 Å². The van der Waals surface area contributed by atoms with E-state index in [-0.39, 0.29) is 0 Å². The predicted molar refractivity (Wildman–Crippen MR) is 46.0 cm³/mol. The maximum atomic E-state index is 13.1. The first-order valence-corrected chi connectivity index (χ1v) is 4.18. The molecule has 1 aromatic carbocycles. The topological polar surface area (TPSA) is 40.1 Å². The van der Waals surface area contributed by atoms with Crippen LogP contribution in [0.15, 0.2) is 30.1 Å². The molecule has 0 aromatic heterocycles. The highest BCUT2D eigenvalue weighted by Crippen LogP contribution is 2.35. The van der Waals surface area contributed by atoms with Crippen LogP contribution in [0.4, 0.5) is 22.0 Å².